The van der Waals surface area contributed by atoms with Crippen LogP contribution in [0.3, 0.4) is 0 Å². The van der Waals surface area contributed by atoms with Crippen LogP contribution in [-0.4, -0.2) is 33.0 Å². The number of amides is 1. The summed E-state index contributed by atoms with van der Waals surface area (Å²) < 4.78 is 7.44. The highest BCUT2D eigenvalue weighted by Gasteiger charge is 2.30. The number of methoxy groups -OCH3 is 1. The van der Waals surface area contributed by atoms with Crippen molar-refractivity contribution in [3.05, 3.63) is 28.5 Å². The lowest BCUT2D eigenvalue weighted by Crippen LogP contribution is -2.23. The van der Waals surface area contributed by atoms with E-state index >= 15 is 0 Å². The number of thioether (sulfide) groups is 1. The third-order valence-electron chi connectivity index (χ3n) is 4.14. The number of rotatable bonds is 6. The molecule has 1 saturated carbocycles. The summed E-state index contributed by atoms with van der Waals surface area (Å²) in [5, 5.41) is 12.4. The van der Waals surface area contributed by atoms with E-state index in [0.717, 1.165) is 29.4 Å². The van der Waals surface area contributed by atoms with Crippen molar-refractivity contribution in [1.82, 2.24) is 14.8 Å². The number of nitrogens with one attached hydrogen (secondary N) is 1. The normalized spacial score (nSPS) is 15.1. The molecule has 1 atom stereocenters. The van der Waals surface area contributed by atoms with Gasteiger partial charge in [-0.3, -0.25) is 4.79 Å². The molecule has 8 heteroatoms. The van der Waals surface area contributed by atoms with E-state index < -0.39 is 0 Å². The molecule has 3 rings (SSSR count). The summed E-state index contributed by atoms with van der Waals surface area (Å²) in [4.78, 5) is 12.6. The minimum Gasteiger partial charge on any atom is -0.495 e. The van der Waals surface area contributed by atoms with Gasteiger partial charge in [0.1, 0.15) is 11.6 Å². The fourth-order valence-electron chi connectivity index (χ4n) is 2.56. The SMILES string of the molecule is COc1cc(Cl)c(C)cc1NC(=O)[C@H](C)Sc1nnc(C)n1C1CC1. The van der Waals surface area contributed by atoms with Gasteiger partial charge in [-0.1, -0.05) is 23.4 Å². The Bertz CT molecular complexity index is 804. The van der Waals surface area contributed by atoms with Gasteiger partial charge in [-0.25, -0.2) is 0 Å². The Morgan fingerprint density at radius 2 is 2.12 bits per heavy atom. The van der Waals surface area contributed by atoms with E-state index in [0.29, 0.717) is 22.5 Å². The molecule has 0 aliphatic heterocycles. The van der Waals surface area contributed by atoms with Crippen LogP contribution in [0.5, 0.6) is 5.75 Å². The highest BCUT2D eigenvalue weighted by molar-refractivity contribution is 8.00. The number of hydrogen-bond acceptors (Lipinski definition) is 5. The Balaban J connectivity index is 1.72. The zero-order valence-corrected chi connectivity index (χ0v) is 16.2. The highest BCUT2D eigenvalue weighted by atomic mass is 35.5. The molecule has 1 amide bonds. The van der Waals surface area contributed by atoms with Gasteiger partial charge in [0.15, 0.2) is 5.16 Å². The van der Waals surface area contributed by atoms with E-state index in [2.05, 4.69) is 20.1 Å². The van der Waals surface area contributed by atoms with Crippen molar-refractivity contribution in [2.45, 2.75) is 50.1 Å². The number of carbonyl (C=O) groups is 1. The molecule has 2 aromatic rings. The molecule has 0 spiro atoms. The van der Waals surface area contributed by atoms with Crippen molar-refractivity contribution in [3.63, 3.8) is 0 Å². The first-order valence-corrected chi connectivity index (χ1v) is 9.39. The standard InChI is InChI=1S/C17H21ClN4O2S/c1-9-7-14(15(24-4)8-13(9)18)19-16(23)10(2)25-17-21-20-11(3)22(17)12-5-6-12/h7-8,10,12H,5-6H2,1-4H3,(H,19,23)/t10-/m0/s1. The molecule has 0 unspecified atom stereocenters. The number of benzene rings is 1. The second-order valence-corrected chi connectivity index (χ2v) is 7.90. The van der Waals surface area contributed by atoms with Gasteiger partial charge in [0, 0.05) is 17.1 Å². The Kier molecular flexibility index (Phi) is 5.24. The lowest BCUT2D eigenvalue weighted by molar-refractivity contribution is -0.115. The van der Waals surface area contributed by atoms with Crippen LogP contribution in [0.4, 0.5) is 5.69 Å². The average molecular weight is 381 g/mol. The number of carbonyl (C=O) groups excluding carboxylic acids is 1. The maximum atomic E-state index is 12.6. The highest BCUT2D eigenvalue weighted by Crippen LogP contribution is 2.39. The summed E-state index contributed by atoms with van der Waals surface area (Å²) in [5.41, 5.74) is 1.49. The number of anilines is 1. The van der Waals surface area contributed by atoms with Gasteiger partial charge in [-0.2, -0.15) is 0 Å². The predicted octanol–water partition coefficient (Wildman–Crippen LogP) is 4.01. The van der Waals surface area contributed by atoms with Crippen molar-refractivity contribution in [1.29, 1.82) is 0 Å². The molecule has 1 N–H and O–H groups in total. The molecular formula is C17H21ClN4O2S. The third-order valence-corrected chi connectivity index (χ3v) is 5.60. The van der Waals surface area contributed by atoms with Gasteiger partial charge in [0.2, 0.25) is 5.91 Å². The van der Waals surface area contributed by atoms with Crippen LogP contribution in [0.2, 0.25) is 5.02 Å². The van der Waals surface area contributed by atoms with E-state index in [1.807, 2.05) is 26.8 Å². The van der Waals surface area contributed by atoms with E-state index in [4.69, 9.17) is 16.3 Å². The summed E-state index contributed by atoms with van der Waals surface area (Å²) in [5.74, 6) is 1.32. The zero-order chi connectivity index (χ0) is 18.1. The fraction of sp³-hybridized carbons (Fsp3) is 0.471. The first-order chi connectivity index (χ1) is 11.9. The molecule has 1 aromatic heterocycles. The maximum absolute atomic E-state index is 12.6. The van der Waals surface area contributed by atoms with Crippen LogP contribution in [0.1, 0.15) is 37.2 Å². The quantitative estimate of drug-likeness (QED) is 0.767. The molecule has 1 aliphatic rings. The number of halogens is 1. The molecule has 1 fully saturated rings. The maximum Gasteiger partial charge on any atom is 0.237 e. The van der Waals surface area contributed by atoms with Crippen LogP contribution in [0.25, 0.3) is 0 Å². The van der Waals surface area contributed by atoms with E-state index in [1.165, 1.54) is 11.8 Å². The molecule has 134 valence electrons. The summed E-state index contributed by atoms with van der Waals surface area (Å²) >= 11 is 7.53. The number of nitrogens with zero attached hydrogens (tertiary/aromatic N) is 3. The predicted molar refractivity (Wildman–Crippen MR) is 99.7 cm³/mol. The molecule has 0 saturated heterocycles. The van der Waals surface area contributed by atoms with Gasteiger partial charge in [-0.05, 0) is 45.2 Å². The average Bonchev–Trinajstić information content (AvgIpc) is 3.34. The summed E-state index contributed by atoms with van der Waals surface area (Å²) in [6.45, 7) is 5.69. The zero-order valence-electron chi connectivity index (χ0n) is 14.7. The lowest BCUT2D eigenvalue weighted by Gasteiger charge is -2.15. The summed E-state index contributed by atoms with van der Waals surface area (Å²) in [6, 6.07) is 4.00. The second-order valence-electron chi connectivity index (χ2n) is 6.18. The molecule has 6 nitrogen and oxygen atoms in total. The first-order valence-electron chi connectivity index (χ1n) is 8.14. The van der Waals surface area contributed by atoms with Crippen LogP contribution >= 0.6 is 23.4 Å². The Hall–Kier alpha value is -1.73. The van der Waals surface area contributed by atoms with Crippen molar-refractivity contribution >= 4 is 35.0 Å². The molecule has 0 bridgehead atoms. The van der Waals surface area contributed by atoms with Crippen LogP contribution in [-0.2, 0) is 4.79 Å². The van der Waals surface area contributed by atoms with Gasteiger partial charge in [0.05, 0.1) is 18.0 Å². The van der Waals surface area contributed by atoms with Crippen LogP contribution < -0.4 is 10.1 Å². The minimum absolute atomic E-state index is 0.118. The van der Waals surface area contributed by atoms with Crippen molar-refractivity contribution in [2.24, 2.45) is 0 Å². The second kappa shape index (κ2) is 7.25. The monoisotopic (exact) mass is 380 g/mol. The van der Waals surface area contributed by atoms with Crippen molar-refractivity contribution < 1.29 is 9.53 Å². The molecular weight excluding hydrogens is 360 g/mol. The smallest absolute Gasteiger partial charge is 0.237 e. The molecule has 1 aliphatic carbocycles. The first kappa shape index (κ1) is 18.1. The molecule has 25 heavy (non-hydrogen) atoms. The Morgan fingerprint density at radius 1 is 1.40 bits per heavy atom. The Labute approximate surface area is 156 Å². The fourth-order valence-corrected chi connectivity index (χ4v) is 3.68. The summed E-state index contributed by atoms with van der Waals surface area (Å²) in [7, 11) is 1.55. The molecule has 1 aromatic carbocycles. The van der Waals surface area contributed by atoms with Gasteiger partial charge >= 0.3 is 0 Å². The topological polar surface area (TPSA) is 69.0 Å². The van der Waals surface area contributed by atoms with E-state index in [1.54, 1.807) is 13.2 Å². The van der Waals surface area contributed by atoms with E-state index in [9.17, 15) is 4.79 Å². The minimum atomic E-state index is -0.318. The summed E-state index contributed by atoms with van der Waals surface area (Å²) in [6.07, 6.45) is 2.29. The van der Waals surface area contributed by atoms with Crippen molar-refractivity contribution in [3.8, 4) is 5.75 Å². The largest absolute Gasteiger partial charge is 0.495 e. The van der Waals surface area contributed by atoms with Crippen LogP contribution in [0, 0.1) is 13.8 Å². The number of hydrogen-bond donors (Lipinski definition) is 1. The number of aromatic nitrogens is 3. The molecule has 1 heterocycles. The van der Waals surface area contributed by atoms with Crippen LogP contribution in [0.15, 0.2) is 17.3 Å². The number of ether oxygens (including phenoxy) is 1. The number of aryl methyl sites for hydroxylation is 2. The third kappa shape index (κ3) is 3.93. The molecule has 0 radical (unpaired) electrons. The Morgan fingerprint density at radius 3 is 2.76 bits per heavy atom. The van der Waals surface area contributed by atoms with E-state index in [-0.39, 0.29) is 11.2 Å². The van der Waals surface area contributed by atoms with Gasteiger partial charge in [-0.15, -0.1) is 10.2 Å². The van der Waals surface area contributed by atoms with Gasteiger partial charge in [0.25, 0.3) is 0 Å². The lowest BCUT2D eigenvalue weighted by atomic mass is 10.2. The van der Waals surface area contributed by atoms with Crippen molar-refractivity contribution in [2.75, 3.05) is 12.4 Å². The van der Waals surface area contributed by atoms with Gasteiger partial charge < -0.3 is 14.6 Å².